The Bertz CT molecular complexity index is 1090. The first-order chi connectivity index (χ1) is 14.5. The zero-order valence-electron chi connectivity index (χ0n) is 18.2. The predicted molar refractivity (Wildman–Crippen MR) is 122 cm³/mol. The van der Waals surface area contributed by atoms with Crippen molar-refractivity contribution in [1.82, 2.24) is 4.90 Å². The van der Waals surface area contributed by atoms with Gasteiger partial charge in [0, 0.05) is 40.7 Å². The van der Waals surface area contributed by atoms with Crippen LogP contribution in [0.25, 0.3) is 27.7 Å². The maximum Gasteiger partial charge on any atom is 0.247 e. The first-order valence-electron chi connectivity index (χ1n) is 10.6. The van der Waals surface area contributed by atoms with Crippen LogP contribution >= 0.6 is 0 Å². The van der Waals surface area contributed by atoms with Crippen LogP contribution in [0.3, 0.4) is 0 Å². The summed E-state index contributed by atoms with van der Waals surface area (Å²) < 4.78 is 11.7. The van der Waals surface area contributed by atoms with E-state index in [1.54, 1.807) is 19.4 Å². The third-order valence-electron chi connectivity index (χ3n) is 6.18. The highest BCUT2D eigenvalue weighted by Crippen LogP contribution is 2.40. The summed E-state index contributed by atoms with van der Waals surface area (Å²) in [6.45, 7) is 6.95. The number of furan rings is 1. The molecule has 1 amide bonds. The van der Waals surface area contributed by atoms with Gasteiger partial charge >= 0.3 is 0 Å². The van der Waals surface area contributed by atoms with Crippen LogP contribution in [0.1, 0.15) is 44.2 Å². The van der Waals surface area contributed by atoms with Crippen molar-refractivity contribution in [3.63, 3.8) is 0 Å². The Balaban J connectivity index is 1.80. The number of piperidine rings is 1. The molecular formula is C26H29NO3. The Kier molecular flexibility index (Phi) is 5.67. The summed E-state index contributed by atoms with van der Waals surface area (Å²) >= 11 is 0. The maximum absolute atomic E-state index is 13.0. The highest BCUT2D eigenvalue weighted by atomic mass is 16.5. The number of carbonyl (C=O) groups excluding carboxylic acids is 1. The standard InChI is InChI=1S/C26H29NO3/c1-17(14-24(28)27-13-9-8-10-18(27)2)21-15-22-23(20-11-6-5-7-12-20)16-30-26(22)19(3)25(21)29-4/h5-7,11-12,14-16,18H,8-10,13H2,1-4H3/b17-14+. The number of fused-ring (bicyclic) bond motifs is 1. The highest BCUT2D eigenvalue weighted by Gasteiger charge is 2.23. The van der Waals surface area contributed by atoms with E-state index in [1.165, 1.54) is 6.42 Å². The Morgan fingerprint density at radius 3 is 2.70 bits per heavy atom. The first kappa shape index (κ1) is 20.3. The van der Waals surface area contributed by atoms with Crippen molar-refractivity contribution in [2.24, 2.45) is 0 Å². The molecule has 1 aliphatic heterocycles. The molecule has 3 aromatic rings. The van der Waals surface area contributed by atoms with Crippen molar-refractivity contribution >= 4 is 22.4 Å². The van der Waals surface area contributed by atoms with Gasteiger partial charge in [0.05, 0.1) is 13.4 Å². The van der Waals surface area contributed by atoms with Gasteiger partial charge in [-0.05, 0) is 57.2 Å². The molecule has 2 aromatic carbocycles. The smallest absolute Gasteiger partial charge is 0.247 e. The number of ether oxygens (including phenoxy) is 1. The van der Waals surface area contributed by atoms with Crippen LogP contribution < -0.4 is 4.74 Å². The number of aryl methyl sites for hydroxylation is 1. The molecule has 0 N–H and O–H groups in total. The molecule has 156 valence electrons. The molecule has 0 bridgehead atoms. The van der Waals surface area contributed by atoms with Gasteiger partial charge in [0.15, 0.2) is 0 Å². The lowest BCUT2D eigenvalue weighted by Crippen LogP contribution is -2.41. The van der Waals surface area contributed by atoms with E-state index in [0.29, 0.717) is 6.04 Å². The van der Waals surface area contributed by atoms with Gasteiger partial charge in [-0.15, -0.1) is 0 Å². The fourth-order valence-electron chi connectivity index (χ4n) is 4.48. The average Bonchev–Trinajstić information content (AvgIpc) is 3.19. The number of benzene rings is 2. The Labute approximate surface area is 178 Å². The summed E-state index contributed by atoms with van der Waals surface area (Å²) in [4.78, 5) is 15.0. The van der Waals surface area contributed by atoms with Gasteiger partial charge in [-0.2, -0.15) is 0 Å². The second kappa shape index (κ2) is 8.39. The number of rotatable bonds is 4. The minimum absolute atomic E-state index is 0.0787. The van der Waals surface area contributed by atoms with Crippen LogP contribution in [0.5, 0.6) is 5.75 Å². The molecule has 0 radical (unpaired) electrons. The van der Waals surface area contributed by atoms with Crippen molar-refractivity contribution in [2.75, 3.05) is 13.7 Å². The second-order valence-corrected chi connectivity index (χ2v) is 8.18. The van der Waals surface area contributed by atoms with Gasteiger partial charge < -0.3 is 14.1 Å². The minimum Gasteiger partial charge on any atom is -0.496 e. The van der Waals surface area contributed by atoms with Crippen LogP contribution in [0, 0.1) is 6.92 Å². The minimum atomic E-state index is 0.0787. The number of hydrogen-bond acceptors (Lipinski definition) is 3. The number of allylic oxidation sites excluding steroid dienone is 1. The van der Waals surface area contributed by atoms with Crippen LogP contribution in [0.2, 0.25) is 0 Å². The van der Waals surface area contributed by atoms with Crippen molar-refractivity contribution in [3.05, 3.63) is 59.9 Å². The SMILES string of the molecule is COc1c(/C(C)=C/C(=O)N2CCCCC2C)cc2c(-c3ccccc3)coc2c1C. The number of hydrogen-bond donors (Lipinski definition) is 0. The Morgan fingerprint density at radius 2 is 2.00 bits per heavy atom. The summed E-state index contributed by atoms with van der Waals surface area (Å²) in [7, 11) is 1.67. The molecule has 0 saturated carbocycles. The molecule has 0 aliphatic carbocycles. The van der Waals surface area contributed by atoms with Gasteiger partial charge in [0.2, 0.25) is 5.91 Å². The Morgan fingerprint density at radius 1 is 1.23 bits per heavy atom. The molecule has 1 fully saturated rings. The molecule has 4 heteroatoms. The third kappa shape index (κ3) is 3.62. The molecule has 1 aliphatic rings. The second-order valence-electron chi connectivity index (χ2n) is 8.18. The van der Waals surface area contributed by atoms with Crippen LogP contribution in [0.15, 0.2) is 53.2 Å². The van der Waals surface area contributed by atoms with Crippen molar-refractivity contribution in [3.8, 4) is 16.9 Å². The van der Waals surface area contributed by atoms with E-state index in [-0.39, 0.29) is 5.91 Å². The molecule has 4 rings (SSSR count). The van der Waals surface area contributed by atoms with E-state index in [2.05, 4.69) is 25.1 Å². The molecule has 30 heavy (non-hydrogen) atoms. The van der Waals surface area contributed by atoms with Gasteiger partial charge in [-0.25, -0.2) is 0 Å². The van der Waals surface area contributed by atoms with E-state index >= 15 is 0 Å². The normalized spacial score (nSPS) is 17.4. The number of nitrogens with zero attached hydrogens (tertiary/aromatic N) is 1. The topological polar surface area (TPSA) is 42.7 Å². The van der Waals surface area contributed by atoms with E-state index in [9.17, 15) is 4.79 Å². The lowest BCUT2D eigenvalue weighted by molar-refractivity contribution is -0.129. The van der Waals surface area contributed by atoms with Crippen molar-refractivity contribution in [1.29, 1.82) is 0 Å². The Hall–Kier alpha value is -3.01. The van der Waals surface area contributed by atoms with Gasteiger partial charge in [0.25, 0.3) is 0 Å². The molecule has 0 spiro atoms. The van der Waals surface area contributed by atoms with Crippen LogP contribution in [-0.2, 0) is 4.79 Å². The summed E-state index contributed by atoms with van der Waals surface area (Å²) in [5.41, 5.74) is 5.74. The zero-order valence-corrected chi connectivity index (χ0v) is 18.2. The molecule has 1 saturated heterocycles. The third-order valence-corrected chi connectivity index (χ3v) is 6.18. The lowest BCUT2D eigenvalue weighted by Gasteiger charge is -2.32. The average molecular weight is 404 g/mol. The largest absolute Gasteiger partial charge is 0.496 e. The number of carbonyl (C=O) groups is 1. The molecule has 1 aromatic heterocycles. The van der Waals surface area contributed by atoms with Crippen LogP contribution in [0.4, 0.5) is 0 Å². The summed E-state index contributed by atoms with van der Waals surface area (Å²) in [6, 6.07) is 12.6. The predicted octanol–water partition coefficient (Wildman–Crippen LogP) is 6.22. The molecule has 2 heterocycles. The molecule has 4 nitrogen and oxygen atoms in total. The number of methoxy groups -OCH3 is 1. The quantitative estimate of drug-likeness (QED) is 0.486. The first-order valence-corrected chi connectivity index (χ1v) is 10.6. The molecular weight excluding hydrogens is 374 g/mol. The monoisotopic (exact) mass is 403 g/mol. The fourth-order valence-corrected chi connectivity index (χ4v) is 4.48. The number of likely N-dealkylation sites (tertiary alicyclic amines) is 1. The fraction of sp³-hybridized carbons (Fsp3) is 0.346. The van der Waals surface area contributed by atoms with Crippen LogP contribution in [-0.4, -0.2) is 30.5 Å². The van der Waals surface area contributed by atoms with Crippen molar-refractivity contribution in [2.45, 2.75) is 46.1 Å². The summed E-state index contributed by atoms with van der Waals surface area (Å²) in [5, 5.41) is 1.03. The van der Waals surface area contributed by atoms with Gasteiger partial charge in [-0.1, -0.05) is 30.3 Å². The zero-order chi connectivity index (χ0) is 21.3. The van der Waals surface area contributed by atoms with E-state index in [0.717, 1.165) is 63.9 Å². The van der Waals surface area contributed by atoms with E-state index < -0.39 is 0 Å². The summed E-state index contributed by atoms with van der Waals surface area (Å²) in [5.74, 6) is 0.833. The molecule has 1 atom stereocenters. The summed E-state index contributed by atoms with van der Waals surface area (Å²) in [6.07, 6.45) is 6.90. The molecule has 1 unspecified atom stereocenters. The lowest BCUT2D eigenvalue weighted by atomic mass is 9.96. The van der Waals surface area contributed by atoms with E-state index in [4.69, 9.17) is 9.15 Å². The number of amides is 1. The van der Waals surface area contributed by atoms with Crippen molar-refractivity contribution < 1.29 is 13.9 Å². The maximum atomic E-state index is 13.0. The van der Waals surface area contributed by atoms with Gasteiger partial charge in [0.1, 0.15) is 11.3 Å². The van der Waals surface area contributed by atoms with Gasteiger partial charge in [-0.3, -0.25) is 4.79 Å². The van der Waals surface area contributed by atoms with E-state index in [1.807, 2.05) is 36.9 Å². The highest BCUT2D eigenvalue weighted by molar-refractivity contribution is 6.01.